The van der Waals surface area contributed by atoms with Crippen molar-refractivity contribution in [3.05, 3.63) is 155 Å². The van der Waals surface area contributed by atoms with E-state index < -0.39 is 34.5 Å². The highest BCUT2D eigenvalue weighted by molar-refractivity contribution is 7.86. The third kappa shape index (κ3) is 8.10. The van der Waals surface area contributed by atoms with Crippen LogP contribution in [0.1, 0.15) is 11.1 Å². The first kappa shape index (κ1) is 35.1. The molecule has 1 fully saturated rings. The normalized spacial score (nSPS) is 20.8. The first-order valence-corrected chi connectivity index (χ1v) is 19.8. The number of aliphatic hydroxyl groups is 2. The highest BCUT2D eigenvalue weighted by Crippen LogP contribution is 2.34. The predicted octanol–water partition coefficient (Wildman–Crippen LogP) is 7.32. The second-order valence-electron chi connectivity index (χ2n) is 12.3. The number of aliphatic hydroxyl groups excluding tert-OH is 2. The van der Waals surface area contributed by atoms with Crippen LogP contribution in [0.15, 0.2) is 144 Å². The van der Waals surface area contributed by atoms with Crippen LogP contribution in [0.3, 0.4) is 0 Å². The van der Waals surface area contributed by atoms with Gasteiger partial charge in [-0.25, -0.2) is 0 Å². The van der Waals surface area contributed by atoms with E-state index in [2.05, 4.69) is 0 Å². The molecule has 7 rings (SSSR count). The minimum atomic E-state index is -4.41. The zero-order chi connectivity index (χ0) is 35.2. The number of thiophene rings is 2. The van der Waals surface area contributed by atoms with E-state index in [0.29, 0.717) is 11.5 Å². The molecule has 0 unspecified atom stereocenters. The zero-order valence-electron chi connectivity index (χ0n) is 27.6. The Morgan fingerprint density at radius 2 is 0.980 bits per heavy atom. The lowest BCUT2D eigenvalue weighted by molar-refractivity contribution is -0.0565. The van der Waals surface area contributed by atoms with Crippen LogP contribution in [-0.2, 0) is 23.3 Å². The molecular formula is C40H38N2O6S3. The number of hydrogen-bond donors (Lipinski definition) is 2. The molecule has 2 N–H and O–H groups in total. The second-order valence-corrected chi connectivity index (χ2v) is 16.0. The summed E-state index contributed by atoms with van der Waals surface area (Å²) in [6, 6.07) is 39.3. The molecular weight excluding hydrogens is 701 g/mol. The Bertz CT molecular complexity index is 1950. The lowest BCUT2D eigenvalue weighted by atomic mass is 9.98. The lowest BCUT2D eigenvalue weighted by Gasteiger charge is -2.34. The minimum Gasteiger partial charge on any atom is -0.492 e. The van der Waals surface area contributed by atoms with Crippen molar-refractivity contribution in [2.75, 3.05) is 13.2 Å². The van der Waals surface area contributed by atoms with E-state index in [1.54, 1.807) is 46.9 Å². The SMILES string of the molecule is O=S1(=O)N(Cc2cccc(-c3cccs3)c2)[C@H](COc2ccccc2)[C@H](O)[C@@H](O)[C@@H](COc2ccccc2)N1Cc1cccc(-c2cccs2)c1. The van der Waals surface area contributed by atoms with Gasteiger partial charge in [-0.15, -0.1) is 22.7 Å². The van der Waals surface area contributed by atoms with E-state index in [1.807, 2.05) is 120 Å². The molecule has 1 saturated heterocycles. The molecule has 0 amide bonds. The number of hydrogen-bond acceptors (Lipinski definition) is 8. The van der Waals surface area contributed by atoms with Gasteiger partial charge in [0.2, 0.25) is 0 Å². The Morgan fingerprint density at radius 3 is 1.37 bits per heavy atom. The van der Waals surface area contributed by atoms with Gasteiger partial charge >= 0.3 is 0 Å². The lowest BCUT2D eigenvalue weighted by Crippen LogP contribution is -2.52. The largest absolute Gasteiger partial charge is 0.492 e. The molecule has 1 aliphatic heterocycles. The van der Waals surface area contributed by atoms with Gasteiger partial charge < -0.3 is 19.7 Å². The van der Waals surface area contributed by atoms with Crippen LogP contribution in [-0.4, -0.2) is 64.7 Å². The van der Waals surface area contributed by atoms with Crippen LogP contribution >= 0.6 is 22.7 Å². The van der Waals surface area contributed by atoms with Crippen molar-refractivity contribution in [3.8, 4) is 32.4 Å². The second kappa shape index (κ2) is 15.9. The number of ether oxygens (including phenoxy) is 2. The number of nitrogens with zero attached hydrogens (tertiary/aromatic N) is 2. The van der Waals surface area contributed by atoms with E-state index in [1.165, 1.54) is 8.61 Å². The summed E-state index contributed by atoms with van der Waals surface area (Å²) >= 11 is 3.20. The van der Waals surface area contributed by atoms with E-state index in [9.17, 15) is 10.2 Å². The molecule has 6 aromatic rings. The quantitative estimate of drug-likeness (QED) is 0.137. The van der Waals surface area contributed by atoms with Crippen molar-refractivity contribution in [2.45, 2.75) is 37.4 Å². The fraction of sp³-hybridized carbons (Fsp3) is 0.200. The van der Waals surface area contributed by atoms with Crippen LogP contribution in [0.5, 0.6) is 11.5 Å². The number of benzene rings is 4. The van der Waals surface area contributed by atoms with Crippen LogP contribution < -0.4 is 9.47 Å². The van der Waals surface area contributed by atoms with Crippen LogP contribution in [0.4, 0.5) is 0 Å². The van der Waals surface area contributed by atoms with E-state index in [0.717, 1.165) is 32.0 Å². The van der Waals surface area contributed by atoms with Crippen molar-refractivity contribution in [1.29, 1.82) is 0 Å². The fourth-order valence-electron chi connectivity index (χ4n) is 6.32. The third-order valence-corrected chi connectivity index (χ3v) is 12.8. The van der Waals surface area contributed by atoms with E-state index in [4.69, 9.17) is 9.47 Å². The molecule has 3 heterocycles. The van der Waals surface area contributed by atoms with Crippen LogP contribution in [0, 0.1) is 0 Å². The molecule has 8 nitrogen and oxygen atoms in total. The summed E-state index contributed by atoms with van der Waals surface area (Å²) in [5.74, 6) is 1.04. The summed E-state index contributed by atoms with van der Waals surface area (Å²) in [6.07, 6.45) is -3.04. The molecule has 0 bridgehead atoms. The summed E-state index contributed by atoms with van der Waals surface area (Å²) in [5.41, 5.74) is 3.39. The maximum atomic E-state index is 15.2. The maximum Gasteiger partial charge on any atom is 0.283 e. The Kier molecular flexibility index (Phi) is 11.0. The number of rotatable bonds is 12. The first-order chi connectivity index (χ1) is 24.9. The molecule has 0 radical (unpaired) electrons. The molecule has 4 atom stereocenters. The average molecular weight is 739 g/mol. The van der Waals surface area contributed by atoms with Gasteiger partial charge in [0.05, 0.1) is 12.1 Å². The maximum absolute atomic E-state index is 15.2. The van der Waals surface area contributed by atoms with Crippen LogP contribution in [0.2, 0.25) is 0 Å². The highest BCUT2D eigenvalue weighted by Gasteiger charge is 2.51. The van der Waals surface area contributed by atoms with Crippen LogP contribution in [0.25, 0.3) is 20.9 Å². The van der Waals surface area contributed by atoms with Crippen molar-refractivity contribution < 1.29 is 28.1 Å². The smallest absolute Gasteiger partial charge is 0.283 e. The van der Waals surface area contributed by atoms with E-state index in [-0.39, 0.29) is 26.3 Å². The molecule has 0 spiro atoms. The van der Waals surface area contributed by atoms with E-state index >= 15 is 8.42 Å². The van der Waals surface area contributed by atoms with Gasteiger partial charge in [-0.3, -0.25) is 0 Å². The highest BCUT2D eigenvalue weighted by atomic mass is 32.2. The van der Waals surface area contributed by atoms with Gasteiger partial charge in [0.15, 0.2) is 0 Å². The Labute approximate surface area is 306 Å². The van der Waals surface area contributed by atoms with Gasteiger partial charge in [-0.05, 0) is 81.5 Å². The molecule has 51 heavy (non-hydrogen) atoms. The minimum absolute atomic E-state index is 0.0634. The van der Waals surface area contributed by atoms with Crippen molar-refractivity contribution in [2.24, 2.45) is 0 Å². The average Bonchev–Trinajstić information content (AvgIpc) is 3.90. The standard InChI is InChI=1S/C40H38N2O6S3/c43-39-35(27-47-33-15-3-1-4-16-33)41(25-29-11-7-13-31(23-29)37-19-9-21-49-37)51(45,46)42(36(40(39)44)28-48-34-17-5-2-6-18-34)26-30-12-8-14-32(24-30)38-20-10-22-50-38/h1-24,35-36,39-40,43-44H,25-28H2/t35-,36-,39+,40+/m1/s1. The summed E-state index contributed by atoms with van der Waals surface area (Å²) in [5, 5.41) is 28.0. The summed E-state index contributed by atoms with van der Waals surface area (Å²) in [6.45, 7) is -0.515. The molecule has 1 aliphatic rings. The van der Waals surface area contributed by atoms with Gasteiger partial charge in [0.25, 0.3) is 10.2 Å². The van der Waals surface area contributed by atoms with Crippen molar-refractivity contribution in [3.63, 3.8) is 0 Å². The van der Waals surface area contributed by atoms with Gasteiger partial charge in [0.1, 0.15) is 36.9 Å². The molecule has 262 valence electrons. The number of para-hydroxylation sites is 2. The summed E-state index contributed by atoms with van der Waals surface area (Å²) in [7, 11) is -4.41. The van der Waals surface area contributed by atoms with Gasteiger partial charge in [-0.1, -0.05) is 84.9 Å². The Balaban J connectivity index is 1.30. The molecule has 11 heteroatoms. The molecule has 4 aromatic carbocycles. The molecule has 0 aliphatic carbocycles. The Hall–Kier alpha value is -4.33. The third-order valence-electron chi connectivity index (χ3n) is 8.94. The van der Waals surface area contributed by atoms with Gasteiger partial charge in [-0.2, -0.15) is 17.0 Å². The Morgan fingerprint density at radius 1 is 0.549 bits per heavy atom. The van der Waals surface area contributed by atoms with Gasteiger partial charge in [0, 0.05) is 22.8 Å². The topological polar surface area (TPSA) is 99.5 Å². The fourth-order valence-corrected chi connectivity index (χ4v) is 9.72. The van der Waals surface area contributed by atoms with Crippen molar-refractivity contribution >= 4 is 32.9 Å². The predicted molar refractivity (Wildman–Crippen MR) is 203 cm³/mol. The zero-order valence-corrected chi connectivity index (χ0v) is 30.1. The molecule has 0 saturated carbocycles. The first-order valence-electron chi connectivity index (χ1n) is 16.6. The molecule has 2 aromatic heterocycles. The summed E-state index contributed by atoms with van der Waals surface area (Å²) in [4.78, 5) is 2.11. The van der Waals surface area contributed by atoms with Crippen molar-refractivity contribution in [1.82, 2.24) is 8.61 Å². The monoisotopic (exact) mass is 738 g/mol. The summed E-state index contributed by atoms with van der Waals surface area (Å²) < 4.78 is 45.2.